The van der Waals surface area contributed by atoms with Crippen LogP contribution in [0.3, 0.4) is 0 Å². The molecular formula is C7H9BrN2. The first-order valence-corrected chi connectivity index (χ1v) is 3.81. The van der Waals surface area contributed by atoms with E-state index in [-0.39, 0.29) is 0 Å². The number of hydrogen-bond acceptors (Lipinski definition) is 1. The minimum Gasteiger partial charge on any atom is -0.268 e. The predicted octanol–water partition coefficient (Wildman–Crippen LogP) is 2.10. The Hall–Kier alpha value is -0.570. The smallest absolute Gasteiger partial charge is 0.0718 e. The van der Waals surface area contributed by atoms with Gasteiger partial charge in [-0.15, -0.1) is 0 Å². The van der Waals surface area contributed by atoms with Crippen LogP contribution in [0, 0.1) is 6.92 Å². The summed E-state index contributed by atoms with van der Waals surface area (Å²) in [6.45, 7) is 6.43. The molecule has 0 saturated heterocycles. The molecule has 0 bridgehead atoms. The van der Waals surface area contributed by atoms with Crippen molar-refractivity contribution in [3.05, 3.63) is 29.0 Å². The Morgan fingerprint density at radius 2 is 2.60 bits per heavy atom. The van der Waals surface area contributed by atoms with Gasteiger partial charge < -0.3 is 0 Å². The highest BCUT2D eigenvalue weighted by molar-refractivity contribution is 9.11. The van der Waals surface area contributed by atoms with E-state index in [9.17, 15) is 0 Å². The van der Waals surface area contributed by atoms with Crippen molar-refractivity contribution in [2.75, 3.05) is 0 Å². The fraction of sp³-hybridized carbons (Fsp3) is 0.286. The molecule has 0 aliphatic carbocycles. The fourth-order valence-corrected chi connectivity index (χ4v) is 0.984. The van der Waals surface area contributed by atoms with Crippen molar-refractivity contribution in [1.29, 1.82) is 0 Å². The Kier molecular flexibility index (Phi) is 2.27. The maximum Gasteiger partial charge on any atom is 0.0718 e. The first kappa shape index (κ1) is 7.54. The minimum absolute atomic E-state index is 0.744. The molecule has 0 aromatic carbocycles. The molecule has 0 fully saturated rings. The summed E-state index contributed by atoms with van der Waals surface area (Å²) in [6, 6.07) is 1.97. The summed E-state index contributed by atoms with van der Waals surface area (Å²) in [5.41, 5.74) is 1.04. The van der Waals surface area contributed by atoms with Crippen LogP contribution in [0.15, 0.2) is 23.3 Å². The van der Waals surface area contributed by atoms with Crippen molar-refractivity contribution in [2.24, 2.45) is 0 Å². The summed E-state index contributed by atoms with van der Waals surface area (Å²) < 4.78 is 2.78. The quantitative estimate of drug-likeness (QED) is 0.716. The second kappa shape index (κ2) is 3.01. The van der Waals surface area contributed by atoms with Gasteiger partial charge in [-0.3, -0.25) is 4.68 Å². The zero-order valence-corrected chi connectivity index (χ0v) is 7.43. The predicted molar refractivity (Wildman–Crippen MR) is 45.0 cm³/mol. The molecule has 1 heterocycles. The molecule has 1 rings (SSSR count). The molecule has 1 aromatic rings. The van der Waals surface area contributed by atoms with Crippen LogP contribution < -0.4 is 0 Å². The highest BCUT2D eigenvalue weighted by Crippen LogP contribution is 2.04. The Labute approximate surface area is 68.7 Å². The molecule has 0 radical (unpaired) electrons. The Morgan fingerprint density at radius 3 is 3.00 bits per heavy atom. The van der Waals surface area contributed by atoms with Gasteiger partial charge >= 0.3 is 0 Å². The van der Waals surface area contributed by atoms with Crippen molar-refractivity contribution in [3.8, 4) is 0 Å². The Balaban J connectivity index is 2.67. The zero-order valence-electron chi connectivity index (χ0n) is 5.84. The Bertz CT molecular complexity index is 240. The van der Waals surface area contributed by atoms with E-state index in [2.05, 4.69) is 27.6 Å². The molecule has 0 aliphatic rings. The van der Waals surface area contributed by atoms with Gasteiger partial charge in [-0.1, -0.05) is 22.5 Å². The average Bonchev–Trinajstić information content (AvgIpc) is 2.13. The maximum atomic E-state index is 4.18. The zero-order chi connectivity index (χ0) is 7.56. The van der Waals surface area contributed by atoms with E-state index in [0.717, 1.165) is 16.7 Å². The van der Waals surface area contributed by atoms with Gasteiger partial charge in [0.25, 0.3) is 0 Å². The molecule has 0 saturated carbocycles. The van der Waals surface area contributed by atoms with Crippen molar-refractivity contribution in [1.82, 2.24) is 9.78 Å². The summed E-state index contributed by atoms with van der Waals surface area (Å²) in [7, 11) is 0. The van der Waals surface area contributed by atoms with Crippen molar-refractivity contribution in [2.45, 2.75) is 13.5 Å². The molecule has 0 atom stereocenters. The van der Waals surface area contributed by atoms with Crippen LogP contribution in [-0.4, -0.2) is 9.78 Å². The van der Waals surface area contributed by atoms with Crippen LogP contribution in [-0.2, 0) is 6.54 Å². The normalized spacial score (nSPS) is 9.80. The van der Waals surface area contributed by atoms with E-state index in [4.69, 9.17) is 0 Å². The van der Waals surface area contributed by atoms with E-state index >= 15 is 0 Å². The molecule has 1 aromatic heterocycles. The van der Waals surface area contributed by atoms with Gasteiger partial charge in [-0.2, -0.15) is 5.10 Å². The monoisotopic (exact) mass is 200 g/mol. The Morgan fingerprint density at radius 1 is 1.90 bits per heavy atom. The lowest BCUT2D eigenvalue weighted by Gasteiger charge is -1.96. The van der Waals surface area contributed by atoms with Crippen LogP contribution in [0.25, 0.3) is 0 Å². The van der Waals surface area contributed by atoms with Crippen LogP contribution in [0.2, 0.25) is 0 Å². The third-order valence-corrected chi connectivity index (χ3v) is 1.36. The molecule has 10 heavy (non-hydrogen) atoms. The highest BCUT2D eigenvalue weighted by Gasteiger charge is 1.92. The summed E-state index contributed by atoms with van der Waals surface area (Å²) in [6.07, 6.45) is 1.93. The van der Waals surface area contributed by atoms with Gasteiger partial charge in [0, 0.05) is 10.7 Å². The van der Waals surface area contributed by atoms with E-state index in [1.165, 1.54) is 0 Å². The van der Waals surface area contributed by atoms with E-state index in [1.807, 2.05) is 23.9 Å². The van der Waals surface area contributed by atoms with Gasteiger partial charge in [0.15, 0.2) is 0 Å². The number of aromatic nitrogens is 2. The van der Waals surface area contributed by atoms with Gasteiger partial charge in [0.2, 0.25) is 0 Å². The van der Waals surface area contributed by atoms with Gasteiger partial charge in [0.1, 0.15) is 0 Å². The van der Waals surface area contributed by atoms with E-state index < -0.39 is 0 Å². The van der Waals surface area contributed by atoms with E-state index in [1.54, 1.807) is 0 Å². The molecule has 0 unspecified atom stereocenters. The summed E-state index contributed by atoms with van der Waals surface area (Å²) >= 11 is 3.27. The fourth-order valence-electron chi connectivity index (χ4n) is 0.727. The van der Waals surface area contributed by atoms with Crippen LogP contribution in [0.1, 0.15) is 5.69 Å². The van der Waals surface area contributed by atoms with Gasteiger partial charge in [-0.05, 0) is 13.0 Å². The van der Waals surface area contributed by atoms with Crippen molar-refractivity contribution < 1.29 is 0 Å². The van der Waals surface area contributed by atoms with Crippen molar-refractivity contribution >= 4 is 15.9 Å². The number of hydrogen-bond donors (Lipinski definition) is 0. The number of aryl methyl sites for hydroxylation is 1. The van der Waals surface area contributed by atoms with Crippen molar-refractivity contribution in [3.63, 3.8) is 0 Å². The summed E-state index contributed by atoms with van der Waals surface area (Å²) in [4.78, 5) is 0. The van der Waals surface area contributed by atoms with E-state index in [0.29, 0.717) is 0 Å². The molecular weight excluding hydrogens is 192 g/mol. The minimum atomic E-state index is 0.744. The average molecular weight is 201 g/mol. The standard InChI is InChI=1S/C7H9BrN2/c1-6(8)5-10-4-3-7(2)9-10/h3-4H,1,5H2,2H3. The van der Waals surface area contributed by atoms with Crippen LogP contribution in [0.4, 0.5) is 0 Å². The second-order valence-electron chi connectivity index (χ2n) is 2.17. The first-order chi connectivity index (χ1) is 4.68. The third-order valence-electron chi connectivity index (χ3n) is 1.11. The van der Waals surface area contributed by atoms with Crippen LogP contribution in [0.5, 0.6) is 0 Å². The topological polar surface area (TPSA) is 17.8 Å². The first-order valence-electron chi connectivity index (χ1n) is 3.02. The van der Waals surface area contributed by atoms with Gasteiger partial charge in [0.05, 0.1) is 12.2 Å². The molecule has 0 spiro atoms. The summed E-state index contributed by atoms with van der Waals surface area (Å²) in [5, 5.41) is 4.18. The molecule has 0 amide bonds. The molecule has 54 valence electrons. The summed E-state index contributed by atoms with van der Waals surface area (Å²) in [5.74, 6) is 0. The molecule has 0 N–H and O–H groups in total. The number of allylic oxidation sites excluding steroid dienone is 1. The lowest BCUT2D eigenvalue weighted by Crippen LogP contribution is -1.97. The molecule has 0 aliphatic heterocycles. The van der Waals surface area contributed by atoms with Gasteiger partial charge in [-0.25, -0.2) is 0 Å². The number of nitrogens with zero attached hydrogens (tertiary/aromatic N) is 2. The maximum absolute atomic E-state index is 4.18. The van der Waals surface area contributed by atoms with Crippen LogP contribution >= 0.6 is 15.9 Å². The third kappa shape index (κ3) is 1.99. The SMILES string of the molecule is C=C(Br)Cn1ccc(C)n1. The number of rotatable bonds is 2. The second-order valence-corrected chi connectivity index (χ2v) is 3.29. The molecule has 2 nitrogen and oxygen atoms in total. The largest absolute Gasteiger partial charge is 0.268 e. The number of halogens is 1. The lowest BCUT2D eigenvalue weighted by atomic mass is 10.5. The lowest BCUT2D eigenvalue weighted by molar-refractivity contribution is 0.690. The molecule has 3 heteroatoms. The highest BCUT2D eigenvalue weighted by atomic mass is 79.9.